The van der Waals surface area contributed by atoms with Crippen LogP contribution in [0.1, 0.15) is 27.1 Å². The number of rotatable bonds is 3. The van der Waals surface area contributed by atoms with E-state index in [0.717, 1.165) is 0 Å². The molecule has 2 amide bonds. The number of halogens is 1. The van der Waals surface area contributed by atoms with Gasteiger partial charge in [-0.1, -0.05) is 12.1 Å². The first-order valence-corrected chi connectivity index (χ1v) is 8.43. The quantitative estimate of drug-likeness (QED) is 0.845. The first kappa shape index (κ1) is 17.8. The van der Waals surface area contributed by atoms with Crippen molar-refractivity contribution in [3.8, 4) is 5.88 Å². The van der Waals surface area contributed by atoms with Crippen LogP contribution in [0, 0.1) is 5.82 Å². The lowest BCUT2D eigenvalue weighted by atomic mass is 10.2. The molecular weight excluding hydrogens is 337 g/mol. The van der Waals surface area contributed by atoms with Crippen molar-refractivity contribution in [1.82, 2.24) is 14.8 Å². The van der Waals surface area contributed by atoms with E-state index in [1.807, 2.05) is 0 Å². The highest BCUT2D eigenvalue weighted by Gasteiger charge is 2.25. The van der Waals surface area contributed by atoms with Gasteiger partial charge in [-0.3, -0.25) is 9.59 Å². The SMILES string of the molecule is COc1ccc(C(=O)N2CCCN(C(=O)c3ccccc3F)CC2)cn1. The maximum atomic E-state index is 13.9. The zero-order valence-corrected chi connectivity index (χ0v) is 14.5. The fourth-order valence-corrected chi connectivity index (χ4v) is 2.94. The molecule has 6 nitrogen and oxygen atoms in total. The van der Waals surface area contributed by atoms with E-state index in [-0.39, 0.29) is 17.4 Å². The molecule has 0 bridgehead atoms. The first-order valence-electron chi connectivity index (χ1n) is 8.43. The minimum absolute atomic E-state index is 0.0617. The Morgan fingerprint density at radius 1 is 1.00 bits per heavy atom. The van der Waals surface area contributed by atoms with Crippen molar-refractivity contribution in [1.29, 1.82) is 0 Å². The van der Waals surface area contributed by atoms with Crippen LogP contribution in [0.2, 0.25) is 0 Å². The van der Waals surface area contributed by atoms with Crippen molar-refractivity contribution >= 4 is 11.8 Å². The second-order valence-electron chi connectivity index (χ2n) is 6.01. The maximum Gasteiger partial charge on any atom is 0.256 e. The number of carbonyl (C=O) groups excluding carboxylic acids is 2. The molecule has 0 atom stereocenters. The monoisotopic (exact) mass is 357 g/mol. The molecule has 1 aliphatic rings. The smallest absolute Gasteiger partial charge is 0.256 e. The van der Waals surface area contributed by atoms with Gasteiger partial charge in [0.25, 0.3) is 11.8 Å². The van der Waals surface area contributed by atoms with Crippen LogP contribution in [0.4, 0.5) is 4.39 Å². The van der Waals surface area contributed by atoms with Gasteiger partial charge in [-0.25, -0.2) is 9.37 Å². The molecule has 0 radical (unpaired) electrons. The molecule has 1 aromatic carbocycles. The number of ether oxygens (including phenoxy) is 1. The summed E-state index contributed by atoms with van der Waals surface area (Å²) in [6.45, 7) is 1.78. The number of nitrogens with zero attached hydrogens (tertiary/aromatic N) is 3. The molecule has 0 unspecified atom stereocenters. The number of hydrogen-bond donors (Lipinski definition) is 0. The summed E-state index contributed by atoms with van der Waals surface area (Å²) in [7, 11) is 1.51. The van der Waals surface area contributed by atoms with Crippen molar-refractivity contribution in [2.45, 2.75) is 6.42 Å². The Hall–Kier alpha value is -2.96. The Bertz CT molecular complexity index is 795. The summed E-state index contributed by atoms with van der Waals surface area (Å²) < 4.78 is 18.9. The lowest BCUT2D eigenvalue weighted by Crippen LogP contribution is -2.37. The standard InChI is InChI=1S/C19H20FN3O3/c1-26-17-8-7-14(13-21-17)18(24)22-9-4-10-23(12-11-22)19(25)15-5-2-3-6-16(15)20/h2-3,5-8,13H,4,9-12H2,1H3. The number of pyridine rings is 1. The number of benzene rings is 1. The molecule has 1 fully saturated rings. The molecule has 0 saturated carbocycles. The van der Waals surface area contributed by atoms with Crippen molar-refractivity contribution in [3.05, 3.63) is 59.5 Å². The highest BCUT2D eigenvalue weighted by atomic mass is 19.1. The second-order valence-corrected chi connectivity index (χ2v) is 6.01. The fraction of sp³-hybridized carbons (Fsp3) is 0.316. The van der Waals surface area contributed by atoms with Crippen molar-refractivity contribution in [2.24, 2.45) is 0 Å². The van der Waals surface area contributed by atoms with Gasteiger partial charge in [0.2, 0.25) is 5.88 Å². The van der Waals surface area contributed by atoms with Gasteiger partial charge in [-0.15, -0.1) is 0 Å². The minimum atomic E-state index is -0.529. The van der Waals surface area contributed by atoms with E-state index in [4.69, 9.17) is 4.74 Å². The van der Waals surface area contributed by atoms with Crippen LogP contribution in [-0.2, 0) is 0 Å². The van der Waals surface area contributed by atoms with E-state index in [1.54, 1.807) is 34.1 Å². The fourth-order valence-electron chi connectivity index (χ4n) is 2.94. The summed E-state index contributed by atoms with van der Waals surface area (Å²) in [5.41, 5.74) is 0.534. The molecule has 7 heteroatoms. The number of aromatic nitrogens is 1. The molecule has 1 aromatic heterocycles. The molecule has 26 heavy (non-hydrogen) atoms. The van der Waals surface area contributed by atoms with Gasteiger partial charge in [0.1, 0.15) is 5.82 Å². The molecule has 1 saturated heterocycles. The highest BCUT2D eigenvalue weighted by molar-refractivity contribution is 5.95. The summed E-state index contributed by atoms with van der Waals surface area (Å²) in [5.74, 6) is -0.568. The molecule has 3 rings (SSSR count). The molecule has 1 aliphatic heterocycles. The van der Waals surface area contributed by atoms with Gasteiger partial charge in [0, 0.05) is 38.4 Å². The Balaban J connectivity index is 1.67. The van der Waals surface area contributed by atoms with E-state index in [0.29, 0.717) is 44.0 Å². The van der Waals surface area contributed by atoms with Crippen LogP contribution in [0.25, 0.3) is 0 Å². The number of methoxy groups -OCH3 is 1. The predicted molar refractivity (Wildman–Crippen MR) is 93.6 cm³/mol. The first-order chi connectivity index (χ1) is 12.6. The Kier molecular flexibility index (Phi) is 5.46. The van der Waals surface area contributed by atoms with E-state index in [9.17, 15) is 14.0 Å². The van der Waals surface area contributed by atoms with Gasteiger partial charge in [0.05, 0.1) is 18.2 Å². The van der Waals surface area contributed by atoms with Crippen molar-refractivity contribution in [3.63, 3.8) is 0 Å². The summed E-state index contributed by atoms with van der Waals surface area (Å²) in [6.07, 6.45) is 2.11. The summed E-state index contributed by atoms with van der Waals surface area (Å²) in [4.78, 5) is 32.5. The lowest BCUT2D eigenvalue weighted by molar-refractivity contribution is 0.0716. The third-order valence-electron chi connectivity index (χ3n) is 4.37. The van der Waals surface area contributed by atoms with Crippen LogP contribution in [0.15, 0.2) is 42.6 Å². The average molecular weight is 357 g/mol. The van der Waals surface area contributed by atoms with Gasteiger partial charge in [-0.2, -0.15) is 0 Å². The normalized spacial score (nSPS) is 14.7. The Morgan fingerprint density at radius 2 is 1.69 bits per heavy atom. The number of amides is 2. The van der Waals surface area contributed by atoms with Gasteiger partial charge in [-0.05, 0) is 24.6 Å². The molecule has 2 aromatic rings. The van der Waals surface area contributed by atoms with Crippen LogP contribution >= 0.6 is 0 Å². The van der Waals surface area contributed by atoms with Gasteiger partial charge < -0.3 is 14.5 Å². The Morgan fingerprint density at radius 3 is 2.31 bits per heavy atom. The van der Waals surface area contributed by atoms with Crippen molar-refractivity contribution < 1.29 is 18.7 Å². The molecule has 0 aliphatic carbocycles. The van der Waals surface area contributed by atoms with Crippen molar-refractivity contribution in [2.75, 3.05) is 33.3 Å². The van der Waals surface area contributed by atoms with Crippen LogP contribution in [0.3, 0.4) is 0 Å². The summed E-state index contributed by atoms with van der Waals surface area (Å²) >= 11 is 0. The third-order valence-corrected chi connectivity index (χ3v) is 4.37. The average Bonchev–Trinajstić information content (AvgIpc) is 2.93. The van der Waals surface area contributed by atoms with Crippen LogP contribution in [0.5, 0.6) is 5.88 Å². The largest absolute Gasteiger partial charge is 0.481 e. The summed E-state index contributed by atoms with van der Waals surface area (Å²) in [6, 6.07) is 9.25. The van der Waals surface area contributed by atoms with Gasteiger partial charge in [0.15, 0.2) is 0 Å². The van der Waals surface area contributed by atoms with Gasteiger partial charge >= 0.3 is 0 Å². The molecular formula is C19H20FN3O3. The molecule has 2 heterocycles. The maximum absolute atomic E-state index is 13.9. The summed E-state index contributed by atoms with van der Waals surface area (Å²) in [5, 5.41) is 0. The molecule has 0 spiro atoms. The van der Waals surface area contributed by atoms with E-state index in [2.05, 4.69) is 4.98 Å². The second kappa shape index (κ2) is 7.95. The lowest BCUT2D eigenvalue weighted by Gasteiger charge is -2.22. The number of hydrogen-bond acceptors (Lipinski definition) is 4. The topological polar surface area (TPSA) is 62.7 Å². The minimum Gasteiger partial charge on any atom is -0.481 e. The zero-order valence-electron chi connectivity index (χ0n) is 14.5. The van der Waals surface area contributed by atoms with Crippen LogP contribution in [-0.4, -0.2) is 59.9 Å². The number of carbonyl (C=O) groups is 2. The predicted octanol–water partition coefficient (Wildman–Crippen LogP) is 2.22. The highest BCUT2D eigenvalue weighted by Crippen LogP contribution is 2.15. The van der Waals surface area contributed by atoms with E-state index < -0.39 is 5.82 Å². The Labute approximate surface area is 151 Å². The van der Waals surface area contributed by atoms with E-state index >= 15 is 0 Å². The molecule has 0 N–H and O–H groups in total. The van der Waals surface area contributed by atoms with E-state index in [1.165, 1.54) is 25.4 Å². The molecule has 136 valence electrons. The van der Waals surface area contributed by atoms with Crippen LogP contribution < -0.4 is 4.74 Å². The third kappa shape index (κ3) is 3.82. The zero-order chi connectivity index (χ0) is 18.5.